The average molecular weight is 390 g/mol. The third-order valence-corrected chi connectivity index (χ3v) is 8.98. The predicted octanol–water partition coefficient (Wildman–Crippen LogP) is 7.13. The fraction of sp³-hybridized carbons (Fsp3) is 1.00. The SMILES string of the molecule is CCCCCCCCCC[As](=O)(O)CCCCCCCCCC. The van der Waals surface area contributed by atoms with Crippen LogP contribution in [-0.2, 0) is 3.74 Å². The second-order valence-electron chi connectivity index (χ2n) is 7.24. The first-order valence-electron chi connectivity index (χ1n) is 10.4. The van der Waals surface area contributed by atoms with Crippen molar-refractivity contribution in [3.8, 4) is 0 Å². The first kappa shape index (κ1) is 23.3. The molecule has 140 valence electrons. The van der Waals surface area contributed by atoms with Crippen LogP contribution < -0.4 is 0 Å². The zero-order valence-corrected chi connectivity index (χ0v) is 17.9. The molecule has 0 atom stereocenters. The molecular weight excluding hydrogens is 347 g/mol. The van der Waals surface area contributed by atoms with E-state index in [1.54, 1.807) is 0 Å². The van der Waals surface area contributed by atoms with Gasteiger partial charge in [0.15, 0.2) is 0 Å². The molecule has 1 N–H and O–H groups in total. The van der Waals surface area contributed by atoms with Crippen LogP contribution in [0.4, 0.5) is 0 Å². The van der Waals surface area contributed by atoms with Crippen LogP contribution in [0.2, 0.25) is 10.4 Å². The van der Waals surface area contributed by atoms with Crippen LogP contribution in [0.15, 0.2) is 0 Å². The Kier molecular flexibility index (Phi) is 17.4. The number of hydrogen-bond acceptors (Lipinski definition) is 1. The van der Waals surface area contributed by atoms with E-state index in [2.05, 4.69) is 13.8 Å². The quantitative estimate of drug-likeness (QED) is 0.200. The van der Waals surface area contributed by atoms with E-state index >= 15 is 0 Å². The summed E-state index contributed by atoms with van der Waals surface area (Å²) in [6.07, 6.45) is 20.1. The van der Waals surface area contributed by atoms with Gasteiger partial charge in [-0.3, -0.25) is 0 Å². The van der Waals surface area contributed by atoms with Gasteiger partial charge < -0.3 is 0 Å². The first-order valence-corrected chi connectivity index (χ1v) is 14.7. The molecule has 2 nitrogen and oxygen atoms in total. The summed E-state index contributed by atoms with van der Waals surface area (Å²) in [6, 6.07) is 0. The molecule has 0 radical (unpaired) electrons. The summed E-state index contributed by atoms with van der Waals surface area (Å²) in [5.74, 6) is 0. The minimum atomic E-state index is -3.46. The number of rotatable bonds is 18. The molecule has 0 aromatic carbocycles. The van der Waals surface area contributed by atoms with Crippen LogP contribution in [-0.4, -0.2) is 17.9 Å². The van der Waals surface area contributed by atoms with Crippen molar-refractivity contribution in [1.82, 2.24) is 0 Å². The molecule has 0 spiro atoms. The summed E-state index contributed by atoms with van der Waals surface area (Å²) < 4.78 is 22.3. The third-order valence-electron chi connectivity index (χ3n) is 4.72. The zero-order valence-electron chi connectivity index (χ0n) is 16.0. The van der Waals surface area contributed by atoms with Crippen molar-refractivity contribution in [2.75, 3.05) is 0 Å². The molecule has 0 heterocycles. The Morgan fingerprint density at radius 1 is 0.522 bits per heavy atom. The van der Waals surface area contributed by atoms with Crippen molar-refractivity contribution < 1.29 is 7.84 Å². The molecule has 3 heteroatoms. The van der Waals surface area contributed by atoms with Gasteiger partial charge in [0.25, 0.3) is 0 Å². The zero-order chi connectivity index (χ0) is 17.2. The van der Waals surface area contributed by atoms with Gasteiger partial charge in [0.2, 0.25) is 0 Å². The number of unbranched alkanes of at least 4 members (excludes halogenated alkanes) is 14. The third kappa shape index (κ3) is 18.5. The van der Waals surface area contributed by atoms with Gasteiger partial charge in [0, 0.05) is 0 Å². The maximum absolute atomic E-state index is 12.2. The van der Waals surface area contributed by atoms with Crippen molar-refractivity contribution in [1.29, 1.82) is 0 Å². The fourth-order valence-electron chi connectivity index (χ4n) is 3.10. The van der Waals surface area contributed by atoms with Crippen LogP contribution in [0.3, 0.4) is 0 Å². The standard InChI is InChI=1S/C20H43AsO2/c1-3-5-7-9-11-13-15-17-19-21(22,23)20-18-16-14-12-10-8-6-4-2/h3-20H2,1-2H3,(H,22,23). The molecule has 0 amide bonds. The summed E-state index contributed by atoms with van der Waals surface area (Å²) in [4.78, 5) is 0. The summed E-state index contributed by atoms with van der Waals surface area (Å²) in [5.41, 5.74) is 0. The van der Waals surface area contributed by atoms with Crippen molar-refractivity contribution >= 4 is 13.8 Å². The molecule has 0 aromatic heterocycles. The number of hydrogen-bond donors (Lipinski definition) is 1. The molecule has 0 bridgehead atoms. The Morgan fingerprint density at radius 2 is 0.783 bits per heavy atom. The second-order valence-corrected chi connectivity index (χ2v) is 12.7. The van der Waals surface area contributed by atoms with E-state index in [1.165, 1.54) is 77.0 Å². The first-order chi connectivity index (χ1) is 11.1. The maximum atomic E-state index is 12.2. The molecule has 0 aliphatic rings. The average Bonchev–Trinajstić information content (AvgIpc) is 2.52. The Labute approximate surface area is 148 Å². The topological polar surface area (TPSA) is 37.3 Å². The van der Waals surface area contributed by atoms with Crippen LogP contribution in [0.5, 0.6) is 0 Å². The van der Waals surface area contributed by atoms with Crippen molar-refractivity contribution in [3.63, 3.8) is 0 Å². The van der Waals surface area contributed by atoms with Crippen molar-refractivity contribution in [2.45, 2.75) is 127 Å². The summed E-state index contributed by atoms with van der Waals surface area (Å²) >= 11 is -3.46. The fourth-order valence-corrected chi connectivity index (χ4v) is 6.58. The van der Waals surface area contributed by atoms with Crippen molar-refractivity contribution in [2.24, 2.45) is 0 Å². The van der Waals surface area contributed by atoms with Gasteiger partial charge in [-0.25, -0.2) is 0 Å². The van der Waals surface area contributed by atoms with E-state index in [0.717, 1.165) is 25.7 Å². The monoisotopic (exact) mass is 390 g/mol. The second kappa shape index (κ2) is 17.2. The van der Waals surface area contributed by atoms with Gasteiger partial charge in [-0.15, -0.1) is 0 Å². The molecule has 0 fully saturated rings. The van der Waals surface area contributed by atoms with E-state index < -0.39 is 13.8 Å². The Hall–Kier alpha value is 0.318. The molecule has 0 unspecified atom stereocenters. The molecular formula is C20H43AsO2. The van der Waals surface area contributed by atoms with Crippen LogP contribution in [0, 0.1) is 0 Å². The van der Waals surface area contributed by atoms with Crippen LogP contribution in [0.25, 0.3) is 0 Å². The van der Waals surface area contributed by atoms with Crippen LogP contribution in [0.1, 0.15) is 117 Å². The van der Waals surface area contributed by atoms with Gasteiger partial charge in [0.05, 0.1) is 0 Å². The van der Waals surface area contributed by atoms with Gasteiger partial charge in [0.1, 0.15) is 0 Å². The van der Waals surface area contributed by atoms with E-state index in [4.69, 9.17) is 0 Å². The van der Waals surface area contributed by atoms with E-state index in [9.17, 15) is 7.84 Å². The molecule has 0 saturated heterocycles. The predicted molar refractivity (Wildman–Crippen MR) is 103 cm³/mol. The normalized spacial score (nSPS) is 12.0. The van der Waals surface area contributed by atoms with E-state index in [1.807, 2.05) is 0 Å². The van der Waals surface area contributed by atoms with Crippen LogP contribution >= 0.6 is 0 Å². The van der Waals surface area contributed by atoms with Gasteiger partial charge in [-0.1, -0.05) is 0 Å². The molecule has 0 aliphatic heterocycles. The van der Waals surface area contributed by atoms with Crippen molar-refractivity contribution in [3.05, 3.63) is 0 Å². The van der Waals surface area contributed by atoms with Gasteiger partial charge in [-0.2, -0.15) is 0 Å². The van der Waals surface area contributed by atoms with E-state index in [-0.39, 0.29) is 0 Å². The Bertz CT molecular complexity index is 255. The van der Waals surface area contributed by atoms with E-state index in [0.29, 0.717) is 10.4 Å². The van der Waals surface area contributed by atoms with Gasteiger partial charge >= 0.3 is 149 Å². The van der Waals surface area contributed by atoms with Gasteiger partial charge in [-0.05, 0) is 0 Å². The summed E-state index contributed by atoms with van der Waals surface area (Å²) in [6.45, 7) is 4.49. The molecule has 23 heavy (non-hydrogen) atoms. The summed E-state index contributed by atoms with van der Waals surface area (Å²) in [7, 11) is 0. The Balaban J connectivity index is 3.35. The molecule has 0 rings (SSSR count). The Morgan fingerprint density at radius 3 is 1.09 bits per heavy atom. The summed E-state index contributed by atoms with van der Waals surface area (Å²) in [5, 5.41) is 1.23. The molecule has 0 aromatic rings. The minimum absolute atomic E-state index is 0.615. The molecule has 0 saturated carbocycles. The molecule has 0 aliphatic carbocycles.